The number of hydrogen-bond donors (Lipinski definition) is 1. The number of methoxy groups -OCH3 is 1. The van der Waals surface area contributed by atoms with E-state index in [1.54, 1.807) is 13.2 Å². The molecule has 0 fully saturated rings. The summed E-state index contributed by atoms with van der Waals surface area (Å²) < 4.78 is 16.8. The van der Waals surface area contributed by atoms with Gasteiger partial charge in [-0.2, -0.15) is 0 Å². The molecule has 1 N–H and O–H groups in total. The zero-order chi connectivity index (χ0) is 15.9. The molecule has 22 heavy (non-hydrogen) atoms. The van der Waals surface area contributed by atoms with Crippen LogP contribution < -0.4 is 9.47 Å². The lowest BCUT2D eigenvalue weighted by molar-refractivity contribution is 0.149. The molecule has 116 valence electrons. The summed E-state index contributed by atoms with van der Waals surface area (Å²) in [5.74, 6) is 2.72. The molecule has 0 amide bonds. The van der Waals surface area contributed by atoms with Crippen molar-refractivity contribution in [3.8, 4) is 11.5 Å². The Kier molecular flexibility index (Phi) is 3.49. The molecular formula is C18H20O4. The molecule has 1 aliphatic rings. The van der Waals surface area contributed by atoms with Gasteiger partial charge < -0.3 is 19.0 Å². The zero-order valence-electron chi connectivity index (χ0n) is 13.2. The maximum Gasteiger partial charge on any atom is 0.137 e. The van der Waals surface area contributed by atoms with Gasteiger partial charge >= 0.3 is 0 Å². The third kappa shape index (κ3) is 2.62. The Hall–Kier alpha value is -2.20. The Balaban J connectivity index is 2.08. The van der Waals surface area contributed by atoms with Crippen molar-refractivity contribution < 1.29 is 19.0 Å². The highest BCUT2D eigenvalue weighted by Crippen LogP contribution is 2.43. The SMILES string of the molecule is COc1ccc2c(c1)OC(C)(C)C=C2C(O)c1ccc(C)o1. The molecule has 3 rings (SSSR count). The molecular weight excluding hydrogens is 280 g/mol. The molecule has 1 aromatic carbocycles. The number of aliphatic hydroxyl groups is 1. The van der Waals surface area contributed by atoms with Crippen molar-refractivity contribution in [3.63, 3.8) is 0 Å². The molecule has 0 bridgehead atoms. The summed E-state index contributed by atoms with van der Waals surface area (Å²) in [6.45, 7) is 5.77. The molecule has 1 aliphatic heterocycles. The molecule has 0 radical (unpaired) electrons. The standard InChI is InChI=1S/C18H20O4/c1-11-5-8-15(21-11)17(19)14-10-18(2,3)22-16-9-12(20-4)6-7-13(14)16/h5-10,17,19H,1-4H3. The van der Waals surface area contributed by atoms with E-state index in [0.717, 1.165) is 22.6 Å². The summed E-state index contributed by atoms with van der Waals surface area (Å²) in [5.41, 5.74) is 1.11. The fraction of sp³-hybridized carbons (Fsp3) is 0.333. The number of hydrogen-bond acceptors (Lipinski definition) is 4. The highest BCUT2D eigenvalue weighted by atomic mass is 16.5. The molecule has 2 aromatic rings. The highest BCUT2D eigenvalue weighted by molar-refractivity contribution is 5.77. The molecule has 4 nitrogen and oxygen atoms in total. The van der Waals surface area contributed by atoms with E-state index in [-0.39, 0.29) is 0 Å². The zero-order valence-corrected chi connectivity index (χ0v) is 13.2. The van der Waals surface area contributed by atoms with Crippen LogP contribution >= 0.6 is 0 Å². The number of benzene rings is 1. The molecule has 1 atom stereocenters. The van der Waals surface area contributed by atoms with Crippen molar-refractivity contribution in [1.82, 2.24) is 0 Å². The van der Waals surface area contributed by atoms with E-state index in [0.29, 0.717) is 11.5 Å². The van der Waals surface area contributed by atoms with E-state index in [4.69, 9.17) is 13.9 Å². The van der Waals surface area contributed by atoms with E-state index >= 15 is 0 Å². The van der Waals surface area contributed by atoms with E-state index in [2.05, 4.69) is 0 Å². The third-order valence-electron chi connectivity index (χ3n) is 3.70. The highest BCUT2D eigenvalue weighted by Gasteiger charge is 2.31. The second kappa shape index (κ2) is 5.21. The van der Waals surface area contributed by atoms with Gasteiger partial charge in [0.15, 0.2) is 0 Å². The fourth-order valence-electron chi connectivity index (χ4n) is 2.70. The summed E-state index contributed by atoms with van der Waals surface area (Å²) in [6.07, 6.45) is 1.11. The van der Waals surface area contributed by atoms with E-state index in [9.17, 15) is 5.11 Å². The predicted molar refractivity (Wildman–Crippen MR) is 84.1 cm³/mol. The summed E-state index contributed by atoms with van der Waals surface area (Å²) >= 11 is 0. The van der Waals surface area contributed by atoms with Crippen molar-refractivity contribution >= 4 is 5.57 Å². The molecule has 2 heterocycles. The minimum Gasteiger partial charge on any atom is -0.497 e. The van der Waals surface area contributed by atoms with Gasteiger partial charge in [-0.3, -0.25) is 0 Å². The van der Waals surface area contributed by atoms with Crippen molar-refractivity contribution in [2.24, 2.45) is 0 Å². The largest absolute Gasteiger partial charge is 0.497 e. The number of rotatable bonds is 3. The fourth-order valence-corrected chi connectivity index (χ4v) is 2.70. The van der Waals surface area contributed by atoms with Crippen LogP contribution in [0.3, 0.4) is 0 Å². The van der Waals surface area contributed by atoms with Gasteiger partial charge in [-0.15, -0.1) is 0 Å². The first kappa shape index (κ1) is 14.7. The van der Waals surface area contributed by atoms with Gasteiger partial charge in [0.05, 0.1) is 7.11 Å². The Bertz CT molecular complexity index is 724. The average molecular weight is 300 g/mol. The number of aliphatic hydroxyl groups excluding tert-OH is 1. The van der Waals surface area contributed by atoms with Crippen LogP contribution in [0.4, 0.5) is 0 Å². The normalized spacial score (nSPS) is 17.2. The van der Waals surface area contributed by atoms with Gasteiger partial charge in [-0.25, -0.2) is 0 Å². The lowest BCUT2D eigenvalue weighted by Gasteiger charge is -2.32. The van der Waals surface area contributed by atoms with Gasteiger partial charge in [0, 0.05) is 11.6 Å². The molecule has 0 spiro atoms. The van der Waals surface area contributed by atoms with Crippen LogP contribution in [0.2, 0.25) is 0 Å². The van der Waals surface area contributed by atoms with Crippen molar-refractivity contribution in [2.75, 3.05) is 7.11 Å². The summed E-state index contributed by atoms with van der Waals surface area (Å²) in [6, 6.07) is 9.23. The summed E-state index contributed by atoms with van der Waals surface area (Å²) in [4.78, 5) is 0. The monoisotopic (exact) mass is 300 g/mol. The van der Waals surface area contributed by atoms with E-state index < -0.39 is 11.7 Å². The molecule has 4 heteroatoms. The van der Waals surface area contributed by atoms with Crippen LogP contribution in [0.5, 0.6) is 11.5 Å². The molecule has 0 aliphatic carbocycles. The lowest BCUT2D eigenvalue weighted by atomic mass is 9.90. The van der Waals surface area contributed by atoms with E-state index in [1.165, 1.54) is 0 Å². The molecule has 0 saturated carbocycles. The summed E-state index contributed by atoms with van der Waals surface area (Å²) in [5, 5.41) is 10.7. The maximum atomic E-state index is 10.7. The first-order valence-electron chi connectivity index (χ1n) is 7.24. The van der Waals surface area contributed by atoms with Gasteiger partial charge in [0.25, 0.3) is 0 Å². The van der Waals surface area contributed by atoms with Crippen LogP contribution in [-0.4, -0.2) is 17.8 Å². The topological polar surface area (TPSA) is 51.8 Å². The molecule has 0 saturated heterocycles. The van der Waals surface area contributed by atoms with Gasteiger partial charge in [0.1, 0.15) is 34.7 Å². The van der Waals surface area contributed by atoms with Crippen LogP contribution in [0.1, 0.15) is 37.0 Å². The minimum atomic E-state index is -0.830. The first-order chi connectivity index (χ1) is 10.4. The number of ether oxygens (including phenoxy) is 2. The molecule has 1 aromatic heterocycles. The quantitative estimate of drug-likeness (QED) is 0.934. The Morgan fingerprint density at radius 2 is 1.95 bits per heavy atom. The predicted octanol–water partition coefficient (Wildman–Crippen LogP) is 3.88. The van der Waals surface area contributed by atoms with Gasteiger partial charge in [-0.05, 0) is 56.7 Å². The van der Waals surface area contributed by atoms with Crippen molar-refractivity contribution in [2.45, 2.75) is 32.5 Å². The summed E-state index contributed by atoms with van der Waals surface area (Å²) in [7, 11) is 1.62. The minimum absolute atomic E-state index is 0.517. The van der Waals surface area contributed by atoms with E-state index in [1.807, 2.05) is 51.1 Å². The van der Waals surface area contributed by atoms with Crippen LogP contribution in [-0.2, 0) is 0 Å². The second-order valence-corrected chi connectivity index (χ2v) is 6.02. The first-order valence-corrected chi connectivity index (χ1v) is 7.24. The van der Waals surface area contributed by atoms with Crippen LogP contribution in [0.25, 0.3) is 5.57 Å². The lowest BCUT2D eigenvalue weighted by Crippen LogP contribution is -2.30. The average Bonchev–Trinajstić information content (AvgIpc) is 2.90. The molecule has 1 unspecified atom stereocenters. The maximum absolute atomic E-state index is 10.7. The number of aryl methyl sites for hydroxylation is 1. The van der Waals surface area contributed by atoms with Crippen molar-refractivity contribution in [3.05, 3.63) is 53.5 Å². The Morgan fingerprint density at radius 1 is 1.18 bits per heavy atom. The van der Waals surface area contributed by atoms with Crippen LogP contribution in [0, 0.1) is 6.92 Å². The van der Waals surface area contributed by atoms with Gasteiger partial charge in [0.2, 0.25) is 0 Å². The Labute approximate surface area is 130 Å². The van der Waals surface area contributed by atoms with Crippen molar-refractivity contribution in [1.29, 1.82) is 0 Å². The Morgan fingerprint density at radius 3 is 2.59 bits per heavy atom. The number of fused-ring (bicyclic) bond motifs is 1. The van der Waals surface area contributed by atoms with Gasteiger partial charge in [-0.1, -0.05) is 0 Å². The number of furan rings is 1. The smallest absolute Gasteiger partial charge is 0.137 e. The van der Waals surface area contributed by atoms with Crippen LogP contribution in [0.15, 0.2) is 40.8 Å². The third-order valence-corrected chi connectivity index (χ3v) is 3.70. The second-order valence-electron chi connectivity index (χ2n) is 6.02.